The van der Waals surface area contributed by atoms with Crippen molar-refractivity contribution in [3.63, 3.8) is 0 Å². The third-order valence-electron chi connectivity index (χ3n) is 2.69. The summed E-state index contributed by atoms with van der Waals surface area (Å²) in [5.41, 5.74) is 7.98. The molecule has 0 saturated carbocycles. The van der Waals surface area contributed by atoms with Crippen LogP contribution in [0.2, 0.25) is 0 Å². The molecule has 0 bridgehead atoms. The molecule has 0 heterocycles. The number of nitrogens with two attached hydrogens (primary N) is 1. The normalized spacial score (nSPS) is 10.8. The molecule has 0 aliphatic carbocycles. The summed E-state index contributed by atoms with van der Waals surface area (Å²) in [4.78, 5) is 11.7. The molecule has 2 rings (SSSR count). The Morgan fingerprint density at radius 2 is 1.68 bits per heavy atom. The van der Waals surface area contributed by atoms with E-state index in [1.807, 2.05) is 12.1 Å². The molecule has 0 fully saturated rings. The first-order valence-electron chi connectivity index (χ1n) is 5.94. The molecule has 0 unspecified atom stereocenters. The number of hydrogen-bond donors (Lipinski definition) is 1. The summed E-state index contributed by atoms with van der Waals surface area (Å²) in [5.74, 6) is -0.322. The van der Waals surface area contributed by atoms with E-state index in [2.05, 4.69) is 0 Å². The van der Waals surface area contributed by atoms with Crippen LogP contribution in [0.1, 0.15) is 11.1 Å². The highest BCUT2D eigenvalue weighted by Crippen LogP contribution is 2.08. The van der Waals surface area contributed by atoms with E-state index >= 15 is 0 Å². The largest absolute Gasteiger partial charge is 0.399 e. The Morgan fingerprint density at radius 3 is 2.32 bits per heavy atom. The van der Waals surface area contributed by atoms with Crippen molar-refractivity contribution in [2.24, 2.45) is 0 Å². The lowest BCUT2D eigenvalue weighted by atomic mass is 10.1. The average Bonchev–Trinajstić information content (AvgIpc) is 2.41. The van der Waals surface area contributed by atoms with Gasteiger partial charge in [-0.25, -0.2) is 4.39 Å². The molecule has 0 spiro atoms. The van der Waals surface area contributed by atoms with E-state index < -0.39 is 0 Å². The maximum atomic E-state index is 12.7. The maximum Gasteiger partial charge on any atom is 0.160 e. The lowest BCUT2D eigenvalue weighted by Crippen LogP contribution is -1.98. The second-order valence-electron chi connectivity index (χ2n) is 4.27. The fraction of sp³-hybridized carbons (Fsp3) is 0.0625. The average molecular weight is 255 g/mol. The van der Waals surface area contributed by atoms with E-state index in [9.17, 15) is 9.18 Å². The Bertz CT molecular complexity index is 585. The molecule has 0 aromatic heterocycles. The summed E-state index contributed by atoms with van der Waals surface area (Å²) in [6.07, 6.45) is 3.53. The van der Waals surface area contributed by atoms with Gasteiger partial charge < -0.3 is 5.73 Å². The Hall–Kier alpha value is -2.42. The highest BCUT2D eigenvalue weighted by molar-refractivity contribution is 5.95. The minimum absolute atomic E-state index is 0.0246. The summed E-state index contributed by atoms with van der Waals surface area (Å²) >= 11 is 0. The van der Waals surface area contributed by atoms with E-state index in [0.29, 0.717) is 5.69 Å². The zero-order valence-electron chi connectivity index (χ0n) is 10.3. The van der Waals surface area contributed by atoms with Crippen LogP contribution in [0.4, 0.5) is 10.1 Å². The third kappa shape index (κ3) is 4.07. The van der Waals surface area contributed by atoms with Gasteiger partial charge in [-0.3, -0.25) is 4.79 Å². The second-order valence-corrected chi connectivity index (χ2v) is 4.27. The molecule has 0 aliphatic rings. The molecule has 0 saturated heterocycles. The molecule has 0 amide bonds. The monoisotopic (exact) mass is 255 g/mol. The van der Waals surface area contributed by atoms with Crippen molar-refractivity contribution < 1.29 is 9.18 Å². The van der Waals surface area contributed by atoms with Gasteiger partial charge in [0.2, 0.25) is 0 Å². The SMILES string of the molecule is Nc1ccc(/C=C/C(=O)Cc2ccc(F)cc2)cc1. The number of nitrogen functional groups attached to an aromatic ring is 1. The molecule has 96 valence electrons. The maximum absolute atomic E-state index is 12.7. The quantitative estimate of drug-likeness (QED) is 0.673. The summed E-state index contributed by atoms with van der Waals surface area (Å²) < 4.78 is 12.7. The van der Waals surface area contributed by atoms with Crippen molar-refractivity contribution in [2.45, 2.75) is 6.42 Å². The summed E-state index contributed by atoms with van der Waals surface area (Å²) in [6, 6.07) is 13.2. The van der Waals surface area contributed by atoms with Crippen LogP contribution < -0.4 is 5.73 Å². The van der Waals surface area contributed by atoms with Crippen LogP contribution >= 0.6 is 0 Å². The summed E-state index contributed by atoms with van der Waals surface area (Å²) in [5, 5.41) is 0. The zero-order chi connectivity index (χ0) is 13.7. The number of halogens is 1. The van der Waals surface area contributed by atoms with E-state index in [-0.39, 0.29) is 18.0 Å². The number of anilines is 1. The number of hydrogen-bond acceptors (Lipinski definition) is 2. The molecular formula is C16H14FNO. The van der Waals surface area contributed by atoms with Crippen molar-refractivity contribution >= 4 is 17.5 Å². The van der Waals surface area contributed by atoms with Gasteiger partial charge in [-0.05, 0) is 41.5 Å². The highest BCUT2D eigenvalue weighted by atomic mass is 19.1. The summed E-state index contributed by atoms with van der Waals surface area (Å²) in [6.45, 7) is 0. The van der Waals surface area contributed by atoms with Crippen LogP contribution in [-0.4, -0.2) is 5.78 Å². The van der Waals surface area contributed by atoms with E-state index in [1.54, 1.807) is 30.3 Å². The van der Waals surface area contributed by atoms with Gasteiger partial charge in [0.25, 0.3) is 0 Å². The van der Waals surface area contributed by atoms with Crippen LogP contribution in [0, 0.1) is 5.82 Å². The first-order chi connectivity index (χ1) is 9.13. The molecule has 2 nitrogen and oxygen atoms in total. The fourth-order valence-corrected chi connectivity index (χ4v) is 1.66. The molecular weight excluding hydrogens is 241 g/mol. The van der Waals surface area contributed by atoms with Crippen molar-refractivity contribution in [3.8, 4) is 0 Å². The Balaban J connectivity index is 1.97. The van der Waals surface area contributed by atoms with E-state index in [4.69, 9.17) is 5.73 Å². The molecule has 2 N–H and O–H groups in total. The van der Waals surface area contributed by atoms with Gasteiger partial charge in [-0.2, -0.15) is 0 Å². The minimum Gasteiger partial charge on any atom is -0.399 e. The number of allylic oxidation sites excluding steroid dienone is 1. The molecule has 0 radical (unpaired) electrons. The molecule has 2 aromatic rings. The lowest BCUT2D eigenvalue weighted by Gasteiger charge is -1.98. The van der Waals surface area contributed by atoms with Gasteiger partial charge in [0.1, 0.15) is 5.82 Å². The van der Waals surface area contributed by atoms with Gasteiger partial charge in [0.05, 0.1) is 0 Å². The van der Waals surface area contributed by atoms with E-state index in [1.165, 1.54) is 18.2 Å². The Morgan fingerprint density at radius 1 is 1.05 bits per heavy atom. The zero-order valence-corrected chi connectivity index (χ0v) is 10.3. The first kappa shape index (κ1) is 13.0. The lowest BCUT2D eigenvalue weighted by molar-refractivity contribution is -0.113. The van der Waals surface area contributed by atoms with Crippen LogP contribution in [0.25, 0.3) is 6.08 Å². The second kappa shape index (κ2) is 5.96. The molecule has 0 aliphatic heterocycles. The molecule has 19 heavy (non-hydrogen) atoms. The minimum atomic E-state index is -0.298. The summed E-state index contributed by atoms with van der Waals surface area (Å²) in [7, 11) is 0. The number of ketones is 1. The smallest absolute Gasteiger partial charge is 0.160 e. The number of rotatable bonds is 4. The van der Waals surface area contributed by atoms with Gasteiger partial charge in [0.15, 0.2) is 5.78 Å². The Kier molecular flexibility index (Phi) is 4.08. The van der Waals surface area contributed by atoms with Crippen LogP contribution in [0.5, 0.6) is 0 Å². The molecule has 0 atom stereocenters. The van der Waals surface area contributed by atoms with Crippen LogP contribution in [-0.2, 0) is 11.2 Å². The van der Waals surface area contributed by atoms with Gasteiger partial charge in [-0.1, -0.05) is 30.3 Å². The number of carbonyl (C=O) groups is 1. The van der Waals surface area contributed by atoms with Crippen molar-refractivity contribution in [2.75, 3.05) is 5.73 Å². The third-order valence-corrected chi connectivity index (χ3v) is 2.69. The van der Waals surface area contributed by atoms with Gasteiger partial charge in [-0.15, -0.1) is 0 Å². The van der Waals surface area contributed by atoms with Gasteiger partial charge in [0, 0.05) is 12.1 Å². The highest BCUT2D eigenvalue weighted by Gasteiger charge is 2.00. The predicted octanol–water partition coefficient (Wildman–Crippen LogP) is 3.23. The molecule has 2 aromatic carbocycles. The van der Waals surface area contributed by atoms with Crippen molar-refractivity contribution in [1.29, 1.82) is 0 Å². The van der Waals surface area contributed by atoms with E-state index in [0.717, 1.165) is 11.1 Å². The predicted molar refractivity (Wildman–Crippen MR) is 75.0 cm³/mol. The van der Waals surface area contributed by atoms with Gasteiger partial charge >= 0.3 is 0 Å². The number of carbonyl (C=O) groups excluding carboxylic acids is 1. The molecule has 3 heteroatoms. The number of benzene rings is 2. The van der Waals surface area contributed by atoms with Crippen molar-refractivity contribution in [1.82, 2.24) is 0 Å². The fourth-order valence-electron chi connectivity index (χ4n) is 1.66. The van der Waals surface area contributed by atoms with Crippen molar-refractivity contribution in [3.05, 3.63) is 71.6 Å². The first-order valence-corrected chi connectivity index (χ1v) is 5.94. The topological polar surface area (TPSA) is 43.1 Å². The van der Waals surface area contributed by atoms with Crippen LogP contribution in [0.3, 0.4) is 0 Å². The van der Waals surface area contributed by atoms with Crippen LogP contribution in [0.15, 0.2) is 54.6 Å². The Labute approximate surface area is 111 Å². The standard InChI is InChI=1S/C16H14FNO/c17-14-6-1-13(2-7-14)11-16(19)10-5-12-3-8-15(18)9-4-12/h1-10H,11,18H2/b10-5+.